The summed E-state index contributed by atoms with van der Waals surface area (Å²) in [4.78, 5) is 35.9. The quantitative estimate of drug-likeness (QED) is 0.443. The van der Waals surface area contributed by atoms with Crippen LogP contribution in [0, 0.1) is 6.92 Å². The van der Waals surface area contributed by atoms with Gasteiger partial charge in [0.1, 0.15) is 34.7 Å². The zero-order valence-corrected chi connectivity index (χ0v) is 20.6. The molecule has 0 aliphatic carbocycles. The third kappa shape index (κ3) is 3.64. The highest BCUT2D eigenvalue weighted by Gasteiger charge is 2.44. The summed E-state index contributed by atoms with van der Waals surface area (Å²) in [5.74, 6) is 1.40. The highest BCUT2D eigenvalue weighted by atomic mass is 16.5. The van der Waals surface area contributed by atoms with Crippen molar-refractivity contribution in [3.63, 3.8) is 0 Å². The molecule has 2 aliphatic heterocycles. The SMILES string of the molecule is CCn1c(-c2cnc(C)nc2)nc2c(-c3ccc4c(c3)[C@@](C)(NC3CCOCC3)C(=O)N4)ncnc21. The number of benzene rings is 1. The van der Waals surface area contributed by atoms with Crippen molar-refractivity contribution in [3.05, 3.63) is 48.3 Å². The molecular formula is C26H28N8O2. The van der Waals surface area contributed by atoms with Crippen LogP contribution < -0.4 is 10.6 Å². The minimum atomic E-state index is -0.841. The number of nitrogens with one attached hydrogen (secondary N) is 2. The number of aryl methyl sites for hydroxylation is 2. The lowest BCUT2D eigenvalue weighted by Crippen LogP contribution is -2.51. The van der Waals surface area contributed by atoms with Gasteiger partial charge in [0.15, 0.2) is 5.65 Å². The van der Waals surface area contributed by atoms with Crippen LogP contribution in [0.3, 0.4) is 0 Å². The Hall–Kier alpha value is -3.76. The van der Waals surface area contributed by atoms with Gasteiger partial charge in [-0.15, -0.1) is 0 Å². The molecule has 0 spiro atoms. The van der Waals surface area contributed by atoms with E-state index in [1.54, 1.807) is 18.7 Å². The molecule has 0 unspecified atom stereocenters. The number of hydrogen-bond donors (Lipinski definition) is 2. The van der Waals surface area contributed by atoms with E-state index in [-0.39, 0.29) is 11.9 Å². The number of ether oxygens (including phenoxy) is 1. The van der Waals surface area contributed by atoms with Crippen LogP contribution in [-0.4, -0.2) is 54.6 Å². The number of imidazole rings is 1. The molecule has 6 rings (SSSR count). The fraction of sp³-hybridized carbons (Fsp3) is 0.385. The molecule has 0 bridgehead atoms. The highest BCUT2D eigenvalue weighted by molar-refractivity contribution is 6.06. The van der Waals surface area contributed by atoms with E-state index in [9.17, 15) is 4.79 Å². The molecular weight excluding hydrogens is 456 g/mol. The van der Waals surface area contributed by atoms with Crippen LogP contribution in [-0.2, 0) is 21.6 Å². The first-order chi connectivity index (χ1) is 17.5. The Labute approximate surface area is 208 Å². The van der Waals surface area contributed by atoms with Gasteiger partial charge in [-0.1, -0.05) is 6.07 Å². The van der Waals surface area contributed by atoms with Crippen molar-refractivity contribution in [1.82, 2.24) is 34.8 Å². The predicted molar refractivity (Wildman–Crippen MR) is 135 cm³/mol. The van der Waals surface area contributed by atoms with E-state index in [4.69, 9.17) is 9.72 Å². The maximum absolute atomic E-state index is 13.1. The number of carbonyl (C=O) groups excluding carboxylic acids is 1. The largest absolute Gasteiger partial charge is 0.381 e. The van der Waals surface area contributed by atoms with E-state index in [0.29, 0.717) is 31.1 Å². The van der Waals surface area contributed by atoms with Crippen LogP contribution in [0.15, 0.2) is 36.9 Å². The van der Waals surface area contributed by atoms with Crippen LogP contribution in [0.2, 0.25) is 0 Å². The van der Waals surface area contributed by atoms with E-state index >= 15 is 0 Å². The standard InChI is InChI=1S/C26H28N8O2/c1-4-34-23(17-12-27-15(2)28-13-17)32-22-21(29-14-30-24(22)34)16-5-6-20-19(11-16)26(3,25(35)31-20)33-18-7-9-36-10-8-18/h5-6,11-14,18,33H,4,7-10H2,1-3H3,(H,31,35)/t26-/m1/s1. The first-order valence-corrected chi connectivity index (χ1v) is 12.3. The summed E-state index contributed by atoms with van der Waals surface area (Å²) < 4.78 is 7.54. The van der Waals surface area contributed by atoms with Gasteiger partial charge in [-0.25, -0.2) is 24.9 Å². The number of carbonyl (C=O) groups is 1. The molecule has 184 valence electrons. The Balaban J connectivity index is 1.45. The zero-order valence-electron chi connectivity index (χ0n) is 20.6. The normalized spacial score (nSPS) is 20.0. The molecule has 10 nitrogen and oxygen atoms in total. The van der Waals surface area contributed by atoms with Crippen molar-refractivity contribution >= 4 is 22.8 Å². The number of nitrogens with zero attached hydrogens (tertiary/aromatic N) is 6. The molecule has 36 heavy (non-hydrogen) atoms. The number of anilines is 1. The van der Waals surface area contributed by atoms with E-state index in [0.717, 1.165) is 52.4 Å². The molecule has 1 atom stereocenters. The first-order valence-electron chi connectivity index (χ1n) is 12.3. The van der Waals surface area contributed by atoms with Gasteiger partial charge in [0, 0.05) is 55.0 Å². The van der Waals surface area contributed by atoms with E-state index in [1.807, 2.05) is 36.6 Å². The summed E-state index contributed by atoms with van der Waals surface area (Å²) in [6.07, 6.45) is 6.89. The fourth-order valence-corrected chi connectivity index (χ4v) is 5.15. The van der Waals surface area contributed by atoms with Crippen LogP contribution in [0.25, 0.3) is 33.8 Å². The molecule has 2 aliphatic rings. The maximum atomic E-state index is 13.1. The number of amides is 1. The lowest BCUT2D eigenvalue weighted by atomic mass is 9.89. The van der Waals surface area contributed by atoms with Crippen molar-refractivity contribution in [3.8, 4) is 22.6 Å². The Morgan fingerprint density at radius 2 is 1.92 bits per heavy atom. The lowest BCUT2D eigenvalue weighted by Gasteiger charge is -2.32. The minimum Gasteiger partial charge on any atom is -0.381 e. The summed E-state index contributed by atoms with van der Waals surface area (Å²) in [6.45, 7) is 7.96. The van der Waals surface area contributed by atoms with Crippen molar-refractivity contribution < 1.29 is 9.53 Å². The molecule has 1 fully saturated rings. The second-order valence-corrected chi connectivity index (χ2v) is 9.46. The Morgan fingerprint density at radius 3 is 2.67 bits per heavy atom. The van der Waals surface area contributed by atoms with Gasteiger partial charge in [-0.3, -0.25) is 10.1 Å². The van der Waals surface area contributed by atoms with Gasteiger partial charge in [0.25, 0.3) is 0 Å². The molecule has 0 radical (unpaired) electrons. The Bertz CT molecular complexity index is 1460. The summed E-state index contributed by atoms with van der Waals surface area (Å²) in [5, 5.41) is 6.65. The molecule has 1 aromatic carbocycles. The molecule has 0 saturated carbocycles. The smallest absolute Gasteiger partial charge is 0.249 e. The second-order valence-electron chi connectivity index (χ2n) is 9.46. The van der Waals surface area contributed by atoms with Gasteiger partial charge in [0.2, 0.25) is 5.91 Å². The average molecular weight is 485 g/mol. The van der Waals surface area contributed by atoms with Gasteiger partial charge in [-0.2, -0.15) is 0 Å². The van der Waals surface area contributed by atoms with Gasteiger partial charge in [-0.05, 0) is 45.7 Å². The van der Waals surface area contributed by atoms with Gasteiger partial charge >= 0.3 is 0 Å². The van der Waals surface area contributed by atoms with Crippen molar-refractivity contribution in [1.29, 1.82) is 0 Å². The Kier molecular flexibility index (Phi) is 5.50. The summed E-state index contributed by atoms with van der Waals surface area (Å²) in [7, 11) is 0. The number of hydrogen-bond acceptors (Lipinski definition) is 8. The topological polar surface area (TPSA) is 120 Å². The zero-order chi connectivity index (χ0) is 24.9. The monoisotopic (exact) mass is 484 g/mol. The van der Waals surface area contributed by atoms with Crippen molar-refractivity contribution in [2.24, 2.45) is 0 Å². The predicted octanol–water partition coefficient (Wildman–Crippen LogP) is 3.21. The third-order valence-electron chi connectivity index (χ3n) is 7.14. The number of aromatic nitrogens is 6. The summed E-state index contributed by atoms with van der Waals surface area (Å²) in [6, 6.07) is 6.18. The number of fused-ring (bicyclic) bond motifs is 2. The van der Waals surface area contributed by atoms with E-state index in [2.05, 4.69) is 37.5 Å². The molecule has 4 aromatic rings. The molecule has 2 N–H and O–H groups in total. The van der Waals surface area contributed by atoms with Gasteiger partial charge < -0.3 is 14.6 Å². The van der Waals surface area contributed by atoms with Crippen molar-refractivity contribution in [2.75, 3.05) is 18.5 Å². The van der Waals surface area contributed by atoms with Crippen LogP contribution in [0.5, 0.6) is 0 Å². The number of rotatable bonds is 5. The average Bonchev–Trinajstić information content (AvgIpc) is 3.39. The lowest BCUT2D eigenvalue weighted by molar-refractivity contribution is -0.122. The highest BCUT2D eigenvalue weighted by Crippen LogP contribution is 2.40. The summed E-state index contributed by atoms with van der Waals surface area (Å²) >= 11 is 0. The van der Waals surface area contributed by atoms with E-state index < -0.39 is 5.54 Å². The van der Waals surface area contributed by atoms with Gasteiger partial charge in [0.05, 0.1) is 5.56 Å². The van der Waals surface area contributed by atoms with Crippen LogP contribution >= 0.6 is 0 Å². The maximum Gasteiger partial charge on any atom is 0.249 e. The third-order valence-corrected chi connectivity index (χ3v) is 7.14. The molecule has 1 saturated heterocycles. The summed E-state index contributed by atoms with van der Waals surface area (Å²) in [5.41, 5.74) is 4.75. The first kappa shape index (κ1) is 22.7. The fourth-order valence-electron chi connectivity index (χ4n) is 5.15. The van der Waals surface area contributed by atoms with E-state index in [1.165, 1.54) is 0 Å². The van der Waals surface area contributed by atoms with Crippen molar-refractivity contribution in [2.45, 2.75) is 51.7 Å². The second kappa shape index (κ2) is 8.72. The molecule has 1 amide bonds. The van der Waals surface area contributed by atoms with Crippen LogP contribution in [0.4, 0.5) is 5.69 Å². The minimum absolute atomic E-state index is 0.0501. The molecule has 10 heteroatoms. The molecule has 5 heterocycles. The Morgan fingerprint density at radius 1 is 1.14 bits per heavy atom. The molecule has 3 aromatic heterocycles. The van der Waals surface area contributed by atoms with Crippen LogP contribution in [0.1, 0.15) is 38.1 Å².